The first-order valence-corrected chi connectivity index (χ1v) is 11.2. The van der Waals surface area contributed by atoms with E-state index in [1.165, 1.54) is 11.3 Å². The molecule has 1 aliphatic rings. The Kier molecular flexibility index (Phi) is 7.69. The van der Waals surface area contributed by atoms with E-state index in [9.17, 15) is 14.7 Å². The van der Waals surface area contributed by atoms with E-state index in [0.717, 1.165) is 22.6 Å². The number of carbonyl (C=O) groups excluding carboxylic acids is 2. The summed E-state index contributed by atoms with van der Waals surface area (Å²) in [5.74, 6) is 0.400. The summed E-state index contributed by atoms with van der Waals surface area (Å²) < 4.78 is 5.41. The fraction of sp³-hybridized carbons (Fsp3) is 0.542. The Labute approximate surface area is 189 Å². The summed E-state index contributed by atoms with van der Waals surface area (Å²) in [6.07, 6.45) is 0.960. The molecule has 1 fully saturated rings. The monoisotopic (exact) mass is 442 g/mol. The van der Waals surface area contributed by atoms with Crippen LogP contribution in [0.4, 0.5) is 0 Å². The molecule has 0 spiro atoms. The van der Waals surface area contributed by atoms with Gasteiger partial charge in [-0.1, -0.05) is 52.0 Å². The molecule has 2 amide bonds. The van der Waals surface area contributed by atoms with E-state index < -0.39 is 18.2 Å². The van der Waals surface area contributed by atoms with E-state index in [-0.39, 0.29) is 36.7 Å². The Bertz CT molecular complexity index is 922. The SMILES string of the molecule is Cc1ncoc1-c1ccc(CNC(=O)[C@@H]2C[C@@H](O)CN2C(=O)[C@@H](NC(C)C)C(C)C)cc1. The van der Waals surface area contributed by atoms with Gasteiger partial charge in [0.15, 0.2) is 12.2 Å². The number of amides is 2. The van der Waals surface area contributed by atoms with E-state index in [0.29, 0.717) is 6.54 Å². The van der Waals surface area contributed by atoms with Gasteiger partial charge in [-0.3, -0.25) is 9.59 Å². The van der Waals surface area contributed by atoms with Crippen molar-refractivity contribution >= 4 is 11.8 Å². The van der Waals surface area contributed by atoms with E-state index in [4.69, 9.17) is 4.42 Å². The molecule has 8 nitrogen and oxygen atoms in total. The second kappa shape index (κ2) is 10.3. The minimum atomic E-state index is -0.703. The van der Waals surface area contributed by atoms with Crippen LogP contribution in [-0.2, 0) is 16.1 Å². The van der Waals surface area contributed by atoms with Crippen LogP contribution in [0.2, 0.25) is 0 Å². The zero-order chi connectivity index (χ0) is 23.4. The first-order chi connectivity index (χ1) is 15.2. The number of aromatic nitrogens is 1. The molecule has 0 saturated carbocycles. The average molecular weight is 443 g/mol. The molecule has 8 heteroatoms. The highest BCUT2D eigenvalue weighted by Crippen LogP contribution is 2.23. The normalized spacial score (nSPS) is 19.6. The molecular weight excluding hydrogens is 408 g/mol. The van der Waals surface area contributed by atoms with Crippen LogP contribution >= 0.6 is 0 Å². The minimum absolute atomic E-state index is 0.0675. The number of β-amino-alcohol motifs (C(OH)–C–C–N with tert-alkyl or cyclic N) is 1. The molecule has 1 saturated heterocycles. The molecular formula is C24H34N4O4. The van der Waals surface area contributed by atoms with Gasteiger partial charge >= 0.3 is 0 Å². The van der Waals surface area contributed by atoms with Gasteiger partial charge in [-0.15, -0.1) is 0 Å². The van der Waals surface area contributed by atoms with Crippen molar-refractivity contribution in [2.45, 2.75) is 71.8 Å². The molecule has 0 unspecified atom stereocenters. The fourth-order valence-electron chi connectivity index (χ4n) is 4.05. The molecule has 3 rings (SSSR count). The molecule has 1 aromatic heterocycles. The number of likely N-dealkylation sites (tertiary alicyclic amines) is 1. The van der Waals surface area contributed by atoms with Crippen LogP contribution < -0.4 is 10.6 Å². The Morgan fingerprint density at radius 2 is 1.91 bits per heavy atom. The number of aliphatic hydroxyl groups is 1. The molecule has 32 heavy (non-hydrogen) atoms. The highest BCUT2D eigenvalue weighted by atomic mass is 16.3. The van der Waals surface area contributed by atoms with Crippen LogP contribution in [0.25, 0.3) is 11.3 Å². The molecule has 0 aliphatic carbocycles. The zero-order valence-corrected chi connectivity index (χ0v) is 19.5. The Morgan fingerprint density at radius 3 is 2.47 bits per heavy atom. The molecule has 174 valence electrons. The minimum Gasteiger partial charge on any atom is -0.443 e. The lowest BCUT2D eigenvalue weighted by Gasteiger charge is -2.31. The maximum atomic E-state index is 13.2. The van der Waals surface area contributed by atoms with E-state index in [2.05, 4.69) is 15.6 Å². The van der Waals surface area contributed by atoms with Crippen molar-refractivity contribution in [3.8, 4) is 11.3 Å². The maximum Gasteiger partial charge on any atom is 0.243 e. The largest absolute Gasteiger partial charge is 0.443 e. The lowest BCUT2D eigenvalue weighted by molar-refractivity contribution is -0.141. The van der Waals surface area contributed by atoms with Crippen LogP contribution in [0.15, 0.2) is 35.1 Å². The predicted octanol–water partition coefficient (Wildman–Crippen LogP) is 2.25. The van der Waals surface area contributed by atoms with Gasteiger partial charge in [-0.25, -0.2) is 4.98 Å². The quantitative estimate of drug-likeness (QED) is 0.579. The van der Waals surface area contributed by atoms with Gasteiger partial charge in [-0.2, -0.15) is 0 Å². The Hall–Kier alpha value is -2.71. The zero-order valence-electron chi connectivity index (χ0n) is 19.5. The number of nitrogens with one attached hydrogen (secondary N) is 2. The van der Waals surface area contributed by atoms with Crippen molar-refractivity contribution in [2.75, 3.05) is 6.54 Å². The highest BCUT2D eigenvalue weighted by molar-refractivity contribution is 5.90. The number of aryl methyl sites for hydroxylation is 1. The van der Waals surface area contributed by atoms with Crippen molar-refractivity contribution in [2.24, 2.45) is 5.92 Å². The number of hydrogen-bond donors (Lipinski definition) is 3. The van der Waals surface area contributed by atoms with Gasteiger partial charge in [-0.05, 0) is 18.4 Å². The summed E-state index contributed by atoms with van der Waals surface area (Å²) in [7, 11) is 0. The molecule has 0 bridgehead atoms. The number of hydrogen-bond acceptors (Lipinski definition) is 6. The lowest BCUT2D eigenvalue weighted by Crippen LogP contribution is -2.55. The average Bonchev–Trinajstić information content (AvgIpc) is 3.35. The lowest BCUT2D eigenvalue weighted by atomic mass is 10.0. The molecule has 0 radical (unpaired) electrons. The van der Waals surface area contributed by atoms with Gasteiger partial charge in [0.05, 0.1) is 17.8 Å². The molecule has 3 N–H and O–H groups in total. The van der Waals surface area contributed by atoms with Crippen LogP contribution in [0.1, 0.15) is 45.4 Å². The van der Waals surface area contributed by atoms with Crippen molar-refractivity contribution in [1.82, 2.24) is 20.5 Å². The Morgan fingerprint density at radius 1 is 1.22 bits per heavy atom. The summed E-state index contributed by atoms with van der Waals surface area (Å²) in [4.78, 5) is 31.8. The van der Waals surface area contributed by atoms with Gasteiger partial charge in [0.1, 0.15) is 6.04 Å². The van der Waals surface area contributed by atoms with Gasteiger partial charge in [0.2, 0.25) is 11.8 Å². The van der Waals surface area contributed by atoms with Crippen molar-refractivity contribution in [1.29, 1.82) is 0 Å². The van der Waals surface area contributed by atoms with E-state index in [1.54, 1.807) is 0 Å². The van der Waals surface area contributed by atoms with Crippen LogP contribution in [0, 0.1) is 12.8 Å². The first kappa shape index (κ1) is 23.9. The van der Waals surface area contributed by atoms with Crippen LogP contribution in [0.3, 0.4) is 0 Å². The fourth-order valence-corrected chi connectivity index (χ4v) is 4.05. The topological polar surface area (TPSA) is 108 Å². The van der Waals surface area contributed by atoms with E-state index in [1.807, 2.05) is 58.9 Å². The van der Waals surface area contributed by atoms with Gasteiger partial charge < -0.3 is 25.1 Å². The number of oxazole rings is 1. The van der Waals surface area contributed by atoms with Crippen LogP contribution in [-0.4, -0.2) is 57.6 Å². The molecule has 2 heterocycles. The number of rotatable bonds is 8. The summed E-state index contributed by atoms with van der Waals surface area (Å²) in [6, 6.07) is 6.75. The summed E-state index contributed by atoms with van der Waals surface area (Å²) in [5.41, 5.74) is 2.67. The third-order valence-electron chi connectivity index (χ3n) is 5.74. The number of nitrogens with zero attached hydrogens (tertiary/aromatic N) is 2. The summed E-state index contributed by atoms with van der Waals surface area (Å²) in [5, 5.41) is 16.4. The van der Waals surface area contributed by atoms with Gasteiger partial charge in [0.25, 0.3) is 0 Å². The maximum absolute atomic E-state index is 13.2. The van der Waals surface area contributed by atoms with Crippen molar-refractivity contribution in [3.63, 3.8) is 0 Å². The molecule has 3 atom stereocenters. The third-order valence-corrected chi connectivity index (χ3v) is 5.74. The predicted molar refractivity (Wildman–Crippen MR) is 122 cm³/mol. The molecule has 1 aromatic carbocycles. The third kappa shape index (κ3) is 5.55. The number of carbonyl (C=O) groups is 2. The second-order valence-corrected chi connectivity index (χ2v) is 9.12. The standard InChI is InChI=1S/C24H34N4O4/c1-14(2)21(27-15(3)4)24(31)28-12-19(29)10-20(28)23(30)25-11-17-6-8-18(9-7-17)22-16(5)26-13-32-22/h6-9,13-15,19-21,27,29H,10-12H2,1-5H3,(H,25,30)/t19-,20+,21+/m1/s1. The summed E-state index contributed by atoms with van der Waals surface area (Å²) >= 11 is 0. The number of benzene rings is 1. The number of aliphatic hydroxyl groups excluding tert-OH is 1. The molecule has 1 aliphatic heterocycles. The highest BCUT2D eigenvalue weighted by Gasteiger charge is 2.41. The van der Waals surface area contributed by atoms with E-state index >= 15 is 0 Å². The first-order valence-electron chi connectivity index (χ1n) is 11.2. The smallest absolute Gasteiger partial charge is 0.243 e. The summed E-state index contributed by atoms with van der Waals surface area (Å²) in [6.45, 7) is 10.3. The second-order valence-electron chi connectivity index (χ2n) is 9.12. The van der Waals surface area contributed by atoms with Crippen molar-refractivity contribution < 1.29 is 19.1 Å². The van der Waals surface area contributed by atoms with Crippen LogP contribution in [0.5, 0.6) is 0 Å². The van der Waals surface area contributed by atoms with Gasteiger partial charge in [0, 0.05) is 31.1 Å². The molecule has 2 aromatic rings. The Balaban J connectivity index is 1.64. The van der Waals surface area contributed by atoms with Crippen molar-refractivity contribution in [3.05, 3.63) is 41.9 Å².